The summed E-state index contributed by atoms with van der Waals surface area (Å²) < 4.78 is 27.0. The minimum absolute atomic E-state index is 0.0597. The Labute approximate surface area is 136 Å². The molecule has 1 N–H and O–H groups in total. The Morgan fingerprint density at radius 3 is 2.65 bits per heavy atom. The Balaban J connectivity index is 1.50. The topological polar surface area (TPSA) is 26.7 Å². The Kier molecular flexibility index (Phi) is 5.62. The molecule has 3 rings (SSSR count). The molecule has 2 fully saturated rings. The van der Waals surface area contributed by atoms with Crippen LogP contribution in [0.4, 0.5) is 8.78 Å². The molecule has 2 saturated heterocycles. The Hall–Kier alpha value is -1.04. The first-order chi connectivity index (χ1) is 11.1. The van der Waals surface area contributed by atoms with Gasteiger partial charge in [-0.3, -0.25) is 0 Å². The number of piperidine rings is 1. The van der Waals surface area contributed by atoms with Gasteiger partial charge >= 0.3 is 0 Å². The zero-order chi connectivity index (χ0) is 16.2. The fraction of sp³-hybridized carbons (Fsp3) is 0.667. The predicted octanol–water partition coefficient (Wildman–Crippen LogP) is 2.81. The summed E-state index contributed by atoms with van der Waals surface area (Å²) in [5.41, 5.74) is 0.0597. The van der Waals surface area contributed by atoms with E-state index >= 15 is 0 Å². The standard InChI is InChI=1S/C18H26F2N2O/c19-15-4-5-17(20)16(10-15)18(23)13-22-9-6-14(12-22)11-21-7-2-1-3-8-21/h4-5,10,14,18,23H,1-3,6-9,11-13H2. The van der Waals surface area contributed by atoms with E-state index in [1.54, 1.807) is 0 Å². The van der Waals surface area contributed by atoms with Gasteiger partial charge in [0, 0.05) is 25.2 Å². The van der Waals surface area contributed by atoms with Crippen LogP contribution in [0.2, 0.25) is 0 Å². The van der Waals surface area contributed by atoms with E-state index in [2.05, 4.69) is 9.80 Å². The first kappa shape index (κ1) is 16.8. The number of aliphatic hydroxyl groups excluding tert-OH is 1. The van der Waals surface area contributed by atoms with E-state index < -0.39 is 17.7 Å². The van der Waals surface area contributed by atoms with Crippen LogP contribution in [0.3, 0.4) is 0 Å². The molecule has 1 aromatic rings. The van der Waals surface area contributed by atoms with Crippen LogP contribution in [0.1, 0.15) is 37.4 Å². The molecule has 0 amide bonds. The molecule has 5 heteroatoms. The largest absolute Gasteiger partial charge is 0.387 e. The van der Waals surface area contributed by atoms with Crippen molar-refractivity contribution in [3.63, 3.8) is 0 Å². The molecule has 2 aliphatic rings. The van der Waals surface area contributed by atoms with Crippen LogP contribution < -0.4 is 0 Å². The summed E-state index contributed by atoms with van der Waals surface area (Å²) in [7, 11) is 0. The van der Waals surface area contributed by atoms with Crippen LogP contribution in [0.25, 0.3) is 0 Å². The summed E-state index contributed by atoms with van der Waals surface area (Å²) in [5.74, 6) is -0.425. The van der Waals surface area contributed by atoms with E-state index in [0.717, 1.165) is 44.3 Å². The number of halogens is 2. The molecule has 128 valence electrons. The summed E-state index contributed by atoms with van der Waals surface area (Å²) in [6.07, 6.45) is 4.09. The molecular formula is C18H26F2N2O. The van der Waals surface area contributed by atoms with Crippen molar-refractivity contribution >= 4 is 0 Å². The van der Waals surface area contributed by atoms with Gasteiger partial charge in [-0.2, -0.15) is 0 Å². The van der Waals surface area contributed by atoms with E-state index in [-0.39, 0.29) is 5.56 Å². The van der Waals surface area contributed by atoms with Gasteiger partial charge in [0.15, 0.2) is 0 Å². The lowest BCUT2D eigenvalue weighted by Gasteiger charge is -2.29. The highest BCUT2D eigenvalue weighted by molar-refractivity contribution is 5.21. The average Bonchev–Trinajstić information content (AvgIpc) is 2.97. The molecule has 0 aromatic heterocycles. The lowest BCUT2D eigenvalue weighted by molar-refractivity contribution is 0.118. The van der Waals surface area contributed by atoms with Gasteiger partial charge in [0.05, 0.1) is 6.10 Å². The SMILES string of the molecule is OC(CN1CCC(CN2CCCCC2)C1)c1cc(F)ccc1F. The fourth-order valence-electron chi connectivity index (χ4n) is 3.85. The Morgan fingerprint density at radius 1 is 1.09 bits per heavy atom. The van der Waals surface area contributed by atoms with Crippen molar-refractivity contribution in [2.24, 2.45) is 5.92 Å². The average molecular weight is 324 g/mol. The molecule has 0 radical (unpaired) electrons. The van der Waals surface area contributed by atoms with Crippen molar-refractivity contribution in [2.45, 2.75) is 31.8 Å². The molecule has 3 nitrogen and oxygen atoms in total. The number of hydrogen-bond donors (Lipinski definition) is 1. The van der Waals surface area contributed by atoms with Gasteiger partial charge in [-0.15, -0.1) is 0 Å². The molecule has 2 heterocycles. The molecule has 2 unspecified atom stereocenters. The summed E-state index contributed by atoms with van der Waals surface area (Å²) in [6, 6.07) is 3.26. The maximum absolute atomic E-state index is 13.7. The summed E-state index contributed by atoms with van der Waals surface area (Å²) >= 11 is 0. The zero-order valence-electron chi connectivity index (χ0n) is 13.6. The highest BCUT2D eigenvalue weighted by Gasteiger charge is 2.27. The third-order valence-corrected chi connectivity index (χ3v) is 5.08. The minimum Gasteiger partial charge on any atom is -0.387 e. The quantitative estimate of drug-likeness (QED) is 0.902. The molecule has 1 aromatic carbocycles. The summed E-state index contributed by atoms with van der Waals surface area (Å²) in [6.45, 7) is 5.76. The van der Waals surface area contributed by atoms with Crippen molar-refractivity contribution in [2.75, 3.05) is 39.3 Å². The van der Waals surface area contributed by atoms with Gasteiger partial charge in [0.25, 0.3) is 0 Å². The van der Waals surface area contributed by atoms with E-state index in [0.29, 0.717) is 12.5 Å². The molecule has 0 bridgehead atoms. The molecule has 2 atom stereocenters. The van der Waals surface area contributed by atoms with Crippen LogP contribution in [0.15, 0.2) is 18.2 Å². The van der Waals surface area contributed by atoms with Crippen molar-refractivity contribution in [3.8, 4) is 0 Å². The number of hydrogen-bond acceptors (Lipinski definition) is 3. The molecule has 2 aliphatic heterocycles. The predicted molar refractivity (Wildman–Crippen MR) is 86.2 cm³/mol. The Morgan fingerprint density at radius 2 is 1.87 bits per heavy atom. The molecule has 0 aliphatic carbocycles. The fourth-order valence-corrected chi connectivity index (χ4v) is 3.85. The van der Waals surface area contributed by atoms with Gasteiger partial charge in [0.1, 0.15) is 11.6 Å². The van der Waals surface area contributed by atoms with Crippen molar-refractivity contribution in [1.82, 2.24) is 9.80 Å². The van der Waals surface area contributed by atoms with Crippen molar-refractivity contribution in [1.29, 1.82) is 0 Å². The van der Waals surface area contributed by atoms with E-state index in [1.165, 1.54) is 32.4 Å². The minimum atomic E-state index is -0.973. The highest BCUT2D eigenvalue weighted by Crippen LogP contribution is 2.24. The maximum atomic E-state index is 13.7. The van der Waals surface area contributed by atoms with Crippen molar-refractivity contribution in [3.05, 3.63) is 35.4 Å². The van der Waals surface area contributed by atoms with Gasteiger partial charge in [-0.1, -0.05) is 6.42 Å². The lowest BCUT2D eigenvalue weighted by atomic mass is 10.1. The lowest BCUT2D eigenvalue weighted by Crippen LogP contribution is -2.35. The third-order valence-electron chi connectivity index (χ3n) is 5.08. The monoisotopic (exact) mass is 324 g/mol. The third kappa shape index (κ3) is 4.49. The molecule has 0 saturated carbocycles. The van der Waals surface area contributed by atoms with E-state index in [1.807, 2.05) is 0 Å². The molecular weight excluding hydrogens is 298 g/mol. The first-order valence-corrected chi connectivity index (χ1v) is 8.69. The van der Waals surface area contributed by atoms with Gasteiger partial charge in [-0.05, 0) is 63.0 Å². The second-order valence-corrected chi connectivity index (χ2v) is 6.96. The van der Waals surface area contributed by atoms with Crippen molar-refractivity contribution < 1.29 is 13.9 Å². The second kappa shape index (κ2) is 7.69. The van der Waals surface area contributed by atoms with E-state index in [9.17, 15) is 13.9 Å². The van der Waals surface area contributed by atoms with Crippen LogP contribution in [0, 0.1) is 17.6 Å². The number of rotatable bonds is 5. The summed E-state index contributed by atoms with van der Waals surface area (Å²) in [4.78, 5) is 4.71. The normalized spacial score (nSPS) is 24.9. The number of nitrogens with zero attached hydrogens (tertiary/aromatic N) is 2. The Bertz CT molecular complexity index is 520. The van der Waals surface area contributed by atoms with Crippen LogP contribution >= 0.6 is 0 Å². The first-order valence-electron chi connectivity index (χ1n) is 8.69. The maximum Gasteiger partial charge on any atom is 0.129 e. The molecule has 23 heavy (non-hydrogen) atoms. The van der Waals surface area contributed by atoms with Crippen LogP contribution in [0.5, 0.6) is 0 Å². The second-order valence-electron chi connectivity index (χ2n) is 6.96. The van der Waals surface area contributed by atoms with Crippen LogP contribution in [-0.4, -0.2) is 54.2 Å². The number of benzene rings is 1. The number of likely N-dealkylation sites (tertiary alicyclic amines) is 2. The van der Waals surface area contributed by atoms with Gasteiger partial charge in [0.2, 0.25) is 0 Å². The number of aliphatic hydroxyl groups is 1. The number of β-amino-alcohol motifs (C(OH)–C–C–N with tert-alkyl or cyclic N) is 1. The van der Waals surface area contributed by atoms with E-state index in [4.69, 9.17) is 0 Å². The summed E-state index contributed by atoms with van der Waals surface area (Å²) in [5, 5.41) is 10.2. The van der Waals surface area contributed by atoms with Crippen LogP contribution in [-0.2, 0) is 0 Å². The van der Waals surface area contributed by atoms with Gasteiger partial charge < -0.3 is 14.9 Å². The zero-order valence-corrected chi connectivity index (χ0v) is 13.6. The van der Waals surface area contributed by atoms with Gasteiger partial charge in [-0.25, -0.2) is 8.78 Å². The highest BCUT2D eigenvalue weighted by atomic mass is 19.1. The smallest absolute Gasteiger partial charge is 0.129 e. The molecule has 0 spiro atoms.